The molecule has 0 heterocycles. The molecular weight excluding hydrogens is 242 g/mol. The zero-order chi connectivity index (χ0) is 13.5. The van der Waals surface area contributed by atoms with Crippen LogP contribution in [-0.4, -0.2) is 31.5 Å². The van der Waals surface area contributed by atoms with Gasteiger partial charge in [-0.1, -0.05) is 0 Å². The Morgan fingerprint density at radius 2 is 2.06 bits per heavy atom. The van der Waals surface area contributed by atoms with Crippen molar-refractivity contribution < 1.29 is 18.6 Å². The van der Waals surface area contributed by atoms with Crippen LogP contribution in [0.1, 0.15) is 12.0 Å². The number of ether oxygens (including phenoxy) is 1. The molecule has 2 N–H and O–H groups in total. The first-order valence-electron chi connectivity index (χ1n) is 5.38. The normalized spacial score (nSPS) is 11.9. The minimum Gasteiger partial charge on any atom is -0.391 e. The fourth-order valence-electron chi connectivity index (χ4n) is 1.45. The van der Waals surface area contributed by atoms with Crippen molar-refractivity contribution in [2.24, 2.45) is 0 Å². The van der Waals surface area contributed by atoms with Crippen LogP contribution in [0.2, 0.25) is 0 Å². The number of halogens is 2. The molecule has 0 amide bonds. The summed E-state index contributed by atoms with van der Waals surface area (Å²) in [5, 5.41) is 20.4. The second-order valence-electron chi connectivity index (χ2n) is 3.75. The number of hydrogen-bond donors (Lipinski definition) is 2. The molecule has 1 atom stereocenters. The van der Waals surface area contributed by atoms with Crippen LogP contribution in [0.25, 0.3) is 0 Å². The maximum Gasteiger partial charge on any atom is 0.150 e. The highest BCUT2D eigenvalue weighted by Crippen LogP contribution is 2.20. The summed E-state index contributed by atoms with van der Waals surface area (Å²) in [5.41, 5.74) is -0.367. The second-order valence-corrected chi connectivity index (χ2v) is 3.75. The lowest BCUT2D eigenvalue weighted by Gasteiger charge is -2.12. The molecule has 18 heavy (non-hydrogen) atoms. The van der Waals surface area contributed by atoms with Gasteiger partial charge in [0.05, 0.1) is 24.3 Å². The Hall–Kier alpha value is -1.71. The number of nitrogens with zero attached hydrogens (tertiary/aromatic N) is 1. The van der Waals surface area contributed by atoms with Crippen LogP contribution < -0.4 is 5.32 Å². The van der Waals surface area contributed by atoms with Crippen LogP contribution in [-0.2, 0) is 4.74 Å². The lowest BCUT2D eigenvalue weighted by atomic mass is 10.2. The maximum atomic E-state index is 13.4. The zero-order valence-electron chi connectivity index (χ0n) is 9.91. The van der Waals surface area contributed by atoms with Crippen molar-refractivity contribution in [3.63, 3.8) is 0 Å². The molecule has 0 spiro atoms. The van der Waals surface area contributed by atoms with Gasteiger partial charge in [0.25, 0.3) is 0 Å². The summed E-state index contributed by atoms with van der Waals surface area (Å²) < 4.78 is 31.6. The molecule has 98 valence electrons. The van der Waals surface area contributed by atoms with Gasteiger partial charge >= 0.3 is 0 Å². The molecule has 0 aliphatic carbocycles. The average molecular weight is 256 g/mol. The fourth-order valence-corrected chi connectivity index (χ4v) is 1.45. The smallest absolute Gasteiger partial charge is 0.150 e. The molecule has 1 aromatic rings. The summed E-state index contributed by atoms with van der Waals surface area (Å²) >= 11 is 0. The van der Waals surface area contributed by atoms with Crippen molar-refractivity contribution in [3.05, 3.63) is 29.3 Å². The minimum atomic E-state index is -0.826. The Kier molecular flexibility index (Phi) is 5.49. The summed E-state index contributed by atoms with van der Waals surface area (Å²) in [4.78, 5) is 0. The van der Waals surface area contributed by atoms with Crippen LogP contribution in [0, 0.1) is 23.0 Å². The number of aliphatic hydroxyl groups excluding tert-OH is 1. The fraction of sp³-hybridized carbons (Fsp3) is 0.417. The van der Waals surface area contributed by atoms with Crippen LogP contribution in [0.15, 0.2) is 12.1 Å². The quantitative estimate of drug-likeness (QED) is 0.812. The molecule has 1 unspecified atom stereocenters. The van der Waals surface area contributed by atoms with E-state index in [2.05, 4.69) is 5.32 Å². The van der Waals surface area contributed by atoms with Gasteiger partial charge in [-0.25, -0.2) is 8.78 Å². The van der Waals surface area contributed by atoms with Crippen molar-refractivity contribution >= 4 is 5.69 Å². The van der Waals surface area contributed by atoms with E-state index in [0.29, 0.717) is 6.42 Å². The minimum absolute atomic E-state index is 0.0741. The molecule has 0 radical (unpaired) electrons. The van der Waals surface area contributed by atoms with Crippen molar-refractivity contribution in [2.45, 2.75) is 12.5 Å². The standard InChI is InChI=1S/C12H14F2N2O2/c1-18-7-9(17)2-3-16-12-10(13)4-8(6-15)5-11(12)14/h4-5,9,16-17H,2-3,7H2,1H3. The van der Waals surface area contributed by atoms with Gasteiger partial charge in [0.2, 0.25) is 0 Å². The van der Waals surface area contributed by atoms with E-state index >= 15 is 0 Å². The number of rotatable bonds is 6. The van der Waals surface area contributed by atoms with Crippen molar-refractivity contribution in [3.8, 4) is 6.07 Å². The first-order valence-corrected chi connectivity index (χ1v) is 5.38. The molecule has 0 bridgehead atoms. The number of nitriles is 1. The number of aliphatic hydroxyl groups is 1. The van der Waals surface area contributed by atoms with E-state index in [4.69, 9.17) is 10.00 Å². The molecule has 0 aliphatic rings. The summed E-state index contributed by atoms with van der Waals surface area (Å²) in [5.74, 6) is -1.65. The molecule has 0 saturated carbocycles. The van der Waals surface area contributed by atoms with Crippen molar-refractivity contribution in [1.29, 1.82) is 5.26 Å². The molecule has 0 fully saturated rings. The molecule has 0 saturated heterocycles. The predicted molar refractivity (Wildman–Crippen MR) is 62.1 cm³/mol. The van der Waals surface area contributed by atoms with E-state index in [-0.39, 0.29) is 24.4 Å². The molecule has 1 aromatic carbocycles. The predicted octanol–water partition coefficient (Wildman–Crippen LogP) is 1.65. The van der Waals surface area contributed by atoms with Gasteiger partial charge in [0.1, 0.15) is 5.69 Å². The SMILES string of the molecule is COCC(O)CCNc1c(F)cc(C#N)cc1F. The van der Waals surface area contributed by atoms with Gasteiger partial charge in [0, 0.05) is 13.7 Å². The Morgan fingerprint density at radius 3 is 2.56 bits per heavy atom. The number of nitrogens with one attached hydrogen (secondary N) is 1. The number of anilines is 1. The van der Waals surface area contributed by atoms with E-state index in [0.717, 1.165) is 12.1 Å². The van der Waals surface area contributed by atoms with Gasteiger partial charge in [-0.05, 0) is 18.6 Å². The first-order chi connectivity index (χ1) is 8.58. The monoisotopic (exact) mass is 256 g/mol. The third-order valence-electron chi connectivity index (χ3n) is 2.31. The van der Waals surface area contributed by atoms with Gasteiger partial charge < -0.3 is 15.2 Å². The van der Waals surface area contributed by atoms with Gasteiger partial charge in [-0.2, -0.15) is 5.26 Å². The highest BCUT2D eigenvalue weighted by atomic mass is 19.1. The van der Waals surface area contributed by atoms with E-state index in [9.17, 15) is 13.9 Å². The van der Waals surface area contributed by atoms with Gasteiger partial charge in [0.15, 0.2) is 11.6 Å². The van der Waals surface area contributed by atoms with Crippen molar-refractivity contribution in [1.82, 2.24) is 0 Å². The molecule has 0 aromatic heterocycles. The lowest BCUT2D eigenvalue weighted by molar-refractivity contribution is 0.0615. The van der Waals surface area contributed by atoms with Crippen molar-refractivity contribution in [2.75, 3.05) is 25.6 Å². The summed E-state index contributed by atoms with van der Waals surface area (Å²) in [6.07, 6.45) is -0.390. The zero-order valence-corrected chi connectivity index (χ0v) is 9.91. The molecular formula is C12H14F2N2O2. The number of methoxy groups -OCH3 is 1. The van der Waals surface area contributed by atoms with Crippen LogP contribution >= 0.6 is 0 Å². The maximum absolute atomic E-state index is 13.4. The Morgan fingerprint density at radius 1 is 1.44 bits per heavy atom. The molecule has 6 heteroatoms. The highest BCUT2D eigenvalue weighted by molar-refractivity contribution is 5.50. The Balaban J connectivity index is 2.60. The molecule has 1 rings (SSSR count). The lowest BCUT2D eigenvalue weighted by Crippen LogP contribution is -2.19. The largest absolute Gasteiger partial charge is 0.391 e. The molecule has 4 nitrogen and oxygen atoms in total. The highest BCUT2D eigenvalue weighted by Gasteiger charge is 2.11. The Bertz CT molecular complexity index is 423. The molecule has 0 aliphatic heterocycles. The summed E-state index contributed by atoms with van der Waals surface area (Å²) in [7, 11) is 1.45. The van der Waals surface area contributed by atoms with E-state index in [1.165, 1.54) is 7.11 Å². The van der Waals surface area contributed by atoms with E-state index in [1.807, 2.05) is 0 Å². The van der Waals surface area contributed by atoms with E-state index in [1.54, 1.807) is 6.07 Å². The first kappa shape index (κ1) is 14.4. The number of hydrogen-bond acceptors (Lipinski definition) is 4. The topological polar surface area (TPSA) is 65.3 Å². The second kappa shape index (κ2) is 6.89. The third-order valence-corrected chi connectivity index (χ3v) is 2.31. The average Bonchev–Trinajstić information content (AvgIpc) is 2.32. The van der Waals surface area contributed by atoms with Gasteiger partial charge in [-0.3, -0.25) is 0 Å². The summed E-state index contributed by atoms with van der Waals surface area (Å²) in [6.45, 7) is 0.365. The summed E-state index contributed by atoms with van der Waals surface area (Å²) in [6, 6.07) is 3.57. The number of benzene rings is 1. The third kappa shape index (κ3) is 3.95. The Labute approximate surface area is 104 Å². The van der Waals surface area contributed by atoms with Crippen LogP contribution in [0.4, 0.5) is 14.5 Å². The van der Waals surface area contributed by atoms with Crippen LogP contribution in [0.5, 0.6) is 0 Å². The van der Waals surface area contributed by atoms with Gasteiger partial charge in [-0.15, -0.1) is 0 Å². The van der Waals surface area contributed by atoms with E-state index < -0.39 is 17.7 Å². The van der Waals surface area contributed by atoms with Crippen LogP contribution in [0.3, 0.4) is 0 Å².